The molecule has 1 saturated carbocycles. The molecule has 106 valence electrons. The van der Waals surface area contributed by atoms with Gasteiger partial charge in [0.2, 0.25) is 0 Å². The lowest BCUT2D eigenvalue weighted by atomic mass is 9.87. The highest BCUT2D eigenvalue weighted by Gasteiger charge is 2.31. The molecule has 1 heterocycles. The lowest BCUT2D eigenvalue weighted by molar-refractivity contribution is 0.315. The van der Waals surface area contributed by atoms with Crippen molar-refractivity contribution in [2.45, 2.75) is 32.2 Å². The Hall–Kier alpha value is -1.61. The molecular weight excluding hydrogens is 246 g/mol. The molecule has 1 aliphatic carbocycles. The van der Waals surface area contributed by atoms with Crippen molar-refractivity contribution in [3.8, 4) is 5.69 Å². The van der Waals surface area contributed by atoms with E-state index in [1.165, 1.54) is 24.8 Å². The number of nitrogens with one attached hydrogen (secondary N) is 1. The van der Waals surface area contributed by atoms with E-state index in [-0.39, 0.29) is 0 Å². The summed E-state index contributed by atoms with van der Waals surface area (Å²) in [6, 6.07) is 10.7. The minimum Gasteiger partial charge on any atom is -0.313 e. The molecule has 20 heavy (non-hydrogen) atoms. The predicted octanol–water partition coefficient (Wildman–Crippen LogP) is 3.57. The molecule has 0 amide bonds. The number of nitrogens with zero attached hydrogens (tertiary/aromatic N) is 2. The van der Waals surface area contributed by atoms with Gasteiger partial charge < -0.3 is 5.32 Å². The lowest BCUT2D eigenvalue weighted by Gasteiger charge is -2.25. The molecule has 3 nitrogen and oxygen atoms in total. The normalized spacial score (nSPS) is 23.9. The van der Waals surface area contributed by atoms with Crippen LogP contribution in [-0.4, -0.2) is 16.8 Å². The summed E-state index contributed by atoms with van der Waals surface area (Å²) in [7, 11) is 2.07. The fraction of sp³-hybridized carbons (Fsp3) is 0.471. The maximum Gasteiger partial charge on any atom is 0.0645 e. The first kappa shape index (κ1) is 13.4. The predicted molar refractivity (Wildman–Crippen MR) is 81.9 cm³/mol. The SMILES string of the molecule is CNC(c1cnn(-c2ccccc2)c1)C1CCCC1C. The van der Waals surface area contributed by atoms with Crippen molar-refractivity contribution in [3.63, 3.8) is 0 Å². The molecule has 1 aliphatic rings. The summed E-state index contributed by atoms with van der Waals surface area (Å²) in [5.41, 5.74) is 2.42. The second-order valence-electron chi connectivity index (χ2n) is 5.89. The molecule has 3 unspecified atom stereocenters. The van der Waals surface area contributed by atoms with Crippen molar-refractivity contribution in [3.05, 3.63) is 48.3 Å². The van der Waals surface area contributed by atoms with Crippen molar-refractivity contribution in [1.29, 1.82) is 0 Å². The average molecular weight is 269 g/mol. The zero-order valence-corrected chi connectivity index (χ0v) is 12.3. The number of para-hydroxylation sites is 1. The molecule has 3 heteroatoms. The summed E-state index contributed by atoms with van der Waals surface area (Å²) in [6.45, 7) is 2.38. The number of benzene rings is 1. The highest BCUT2D eigenvalue weighted by Crippen LogP contribution is 2.39. The topological polar surface area (TPSA) is 29.9 Å². The monoisotopic (exact) mass is 269 g/mol. The summed E-state index contributed by atoms with van der Waals surface area (Å²) in [5.74, 6) is 1.53. The molecule has 3 atom stereocenters. The molecule has 1 N–H and O–H groups in total. The van der Waals surface area contributed by atoms with Crippen LogP contribution in [-0.2, 0) is 0 Å². The molecule has 1 aromatic heterocycles. The maximum atomic E-state index is 4.53. The van der Waals surface area contributed by atoms with Crippen LogP contribution < -0.4 is 5.32 Å². The van der Waals surface area contributed by atoms with Gasteiger partial charge in [0.25, 0.3) is 0 Å². The Kier molecular flexibility index (Phi) is 3.88. The number of hydrogen-bond acceptors (Lipinski definition) is 2. The molecule has 1 fully saturated rings. The number of rotatable bonds is 4. The highest BCUT2D eigenvalue weighted by molar-refractivity contribution is 5.31. The Morgan fingerprint density at radius 3 is 2.70 bits per heavy atom. The van der Waals surface area contributed by atoms with Crippen molar-refractivity contribution in [1.82, 2.24) is 15.1 Å². The van der Waals surface area contributed by atoms with Gasteiger partial charge in [-0.3, -0.25) is 0 Å². The zero-order chi connectivity index (χ0) is 13.9. The first-order valence-electron chi connectivity index (χ1n) is 7.57. The molecule has 0 radical (unpaired) electrons. The smallest absolute Gasteiger partial charge is 0.0645 e. The Bertz CT molecular complexity index is 546. The fourth-order valence-electron chi connectivity index (χ4n) is 3.52. The minimum absolute atomic E-state index is 0.421. The molecule has 2 aromatic rings. The van der Waals surface area contributed by atoms with Crippen LogP contribution in [0.25, 0.3) is 5.69 Å². The van der Waals surface area contributed by atoms with Gasteiger partial charge in [0.05, 0.1) is 11.9 Å². The van der Waals surface area contributed by atoms with Gasteiger partial charge in [-0.15, -0.1) is 0 Å². The Morgan fingerprint density at radius 2 is 2.05 bits per heavy atom. The molecule has 3 rings (SSSR count). The van der Waals surface area contributed by atoms with Gasteiger partial charge >= 0.3 is 0 Å². The van der Waals surface area contributed by atoms with Crippen molar-refractivity contribution >= 4 is 0 Å². The van der Waals surface area contributed by atoms with Gasteiger partial charge in [0.15, 0.2) is 0 Å². The lowest BCUT2D eigenvalue weighted by Crippen LogP contribution is -2.26. The Labute approximate surface area is 121 Å². The second kappa shape index (κ2) is 5.80. The Balaban J connectivity index is 1.85. The van der Waals surface area contributed by atoms with Crippen molar-refractivity contribution < 1.29 is 0 Å². The van der Waals surface area contributed by atoms with Crippen LogP contribution >= 0.6 is 0 Å². The van der Waals surface area contributed by atoms with Crippen LogP contribution in [0.5, 0.6) is 0 Å². The largest absolute Gasteiger partial charge is 0.313 e. The summed E-state index contributed by atoms with van der Waals surface area (Å²) >= 11 is 0. The molecule has 0 spiro atoms. The zero-order valence-electron chi connectivity index (χ0n) is 12.3. The van der Waals surface area contributed by atoms with Gasteiger partial charge in [-0.25, -0.2) is 4.68 Å². The van der Waals surface area contributed by atoms with E-state index in [4.69, 9.17) is 0 Å². The quantitative estimate of drug-likeness (QED) is 0.919. The van der Waals surface area contributed by atoms with Crippen LogP contribution in [0, 0.1) is 11.8 Å². The number of aromatic nitrogens is 2. The van der Waals surface area contributed by atoms with E-state index in [1.807, 2.05) is 29.1 Å². The van der Waals surface area contributed by atoms with E-state index >= 15 is 0 Å². The summed E-state index contributed by atoms with van der Waals surface area (Å²) in [5, 5.41) is 8.03. The van der Waals surface area contributed by atoms with Crippen molar-refractivity contribution in [2.75, 3.05) is 7.05 Å². The molecule has 0 aliphatic heterocycles. The maximum absolute atomic E-state index is 4.53. The van der Waals surface area contributed by atoms with Crippen LogP contribution in [0.1, 0.15) is 37.8 Å². The first-order valence-corrected chi connectivity index (χ1v) is 7.57. The third kappa shape index (κ3) is 2.50. The van der Waals surface area contributed by atoms with E-state index < -0.39 is 0 Å². The summed E-state index contributed by atoms with van der Waals surface area (Å²) in [4.78, 5) is 0. The van der Waals surface area contributed by atoms with E-state index in [9.17, 15) is 0 Å². The van der Waals surface area contributed by atoms with Crippen LogP contribution in [0.2, 0.25) is 0 Å². The van der Waals surface area contributed by atoms with E-state index in [0.29, 0.717) is 6.04 Å². The second-order valence-corrected chi connectivity index (χ2v) is 5.89. The van der Waals surface area contributed by atoms with Gasteiger partial charge in [-0.1, -0.05) is 38.0 Å². The Morgan fingerprint density at radius 1 is 1.25 bits per heavy atom. The van der Waals surface area contributed by atoms with Gasteiger partial charge in [0, 0.05) is 17.8 Å². The van der Waals surface area contributed by atoms with Gasteiger partial charge in [0.1, 0.15) is 0 Å². The van der Waals surface area contributed by atoms with Crippen LogP contribution in [0.15, 0.2) is 42.7 Å². The third-order valence-corrected chi connectivity index (χ3v) is 4.65. The average Bonchev–Trinajstić information content (AvgIpc) is 3.12. The van der Waals surface area contributed by atoms with Gasteiger partial charge in [-0.2, -0.15) is 5.10 Å². The third-order valence-electron chi connectivity index (χ3n) is 4.65. The van der Waals surface area contributed by atoms with Crippen LogP contribution in [0.3, 0.4) is 0 Å². The van der Waals surface area contributed by atoms with Gasteiger partial charge in [-0.05, 0) is 37.4 Å². The van der Waals surface area contributed by atoms with E-state index in [2.05, 4.69) is 42.7 Å². The minimum atomic E-state index is 0.421. The first-order chi connectivity index (χ1) is 9.79. The van der Waals surface area contributed by atoms with Crippen molar-refractivity contribution in [2.24, 2.45) is 11.8 Å². The fourth-order valence-corrected chi connectivity index (χ4v) is 3.52. The highest BCUT2D eigenvalue weighted by atomic mass is 15.3. The molecule has 0 bridgehead atoms. The van der Waals surface area contributed by atoms with E-state index in [0.717, 1.165) is 17.5 Å². The molecule has 0 saturated heterocycles. The summed E-state index contributed by atoms with van der Waals surface area (Å²) in [6.07, 6.45) is 8.22. The molecular formula is C17H23N3. The summed E-state index contributed by atoms with van der Waals surface area (Å²) < 4.78 is 1.97. The standard InChI is InChI=1S/C17H23N3/c1-13-7-6-10-16(13)17(18-2)14-11-19-20(12-14)15-8-4-3-5-9-15/h3-5,8-9,11-13,16-18H,6-7,10H2,1-2H3. The van der Waals surface area contributed by atoms with E-state index in [1.54, 1.807) is 0 Å². The molecule has 1 aromatic carbocycles. The number of hydrogen-bond donors (Lipinski definition) is 1. The van der Waals surface area contributed by atoms with Crippen LogP contribution in [0.4, 0.5) is 0 Å².